The summed E-state index contributed by atoms with van der Waals surface area (Å²) in [6.07, 6.45) is 1.24. The number of rotatable bonds is 7. The van der Waals surface area contributed by atoms with Crippen molar-refractivity contribution in [2.24, 2.45) is 4.99 Å². The number of aliphatic imine (C=N–C) groups is 1. The average molecular weight is 396 g/mol. The molecule has 1 saturated heterocycles. The lowest BCUT2D eigenvalue weighted by Gasteiger charge is -2.34. The van der Waals surface area contributed by atoms with Crippen LogP contribution in [0.3, 0.4) is 0 Å². The molecule has 0 amide bonds. The van der Waals surface area contributed by atoms with Gasteiger partial charge in [0.1, 0.15) is 0 Å². The molecule has 1 aliphatic rings. The number of benzene rings is 1. The molecule has 1 aromatic rings. The SMILES string of the molecule is CCN1CCN(CCNC(=NC)NCc2ccc(S(C)(=O)=O)c(C)c2)CC1. The van der Waals surface area contributed by atoms with E-state index in [1.165, 1.54) is 6.26 Å². The molecule has 0 atom stereocenters. The molecule has 1 aliphatic heterocycles. The Bertz CT molecular complexity index is 740. The van der Waals surface area contributed by atoms with Crippen molar-refractivity contribution in [3.63, 3.8) is 0 Å². The zero-order valence-electron chi connectivity index (χ0n) is 17.0. The van der Waals surface area contributed by atoms with Gasteiger partial charge in [-0.15, -0.1) is 0 Å². The van der Waals surface area contributed by atoms with E-state index in [9.17, 15) is 8.42 Å². The maximum absolute atomic E-state index is 11.7. The normalized spacial score (nSPS) is 17.1. The molecule has 2 N–H and O–H groups in total. The van der Waals surface area contributed by atoms with Crippen LogP contribution in [0.25, 0.3) is 0 Å². The van der Waals surface area contributed by atoms with Crippen LogP contribution in [0.5, 0.6) is 0 Å². The largest absolute Gasteiger partial charge is 0.355 e. The molecule has 0 bridgehead atoms. The lowest BCUT2D eigenvalue weighted by molar-refractivity contribution is 0.139. The number of piperazine rings is 1. The summed E-state index contributed by atoms with van der Waals surface area (Å²) >= 11 is 0. The fraction of sp³-hybridized carbons (Fsp3) is 0.632. The maximum Gasteiger partial charge on any atom is 0.191 e. The van der Waals surface area contributed by atoms with Crippen molar-refractivity contribution in [1.29, 1.82) is 0 Å². The lowest BCUT2D eigenvalue weighted by Crippen LogP contribution is -2.49. The highest BCUT2D eigenvalue weighted by atomic mass is 32.2. The first-order valence-corrected chi connectivity index (χ1v) is 11.4. The first-order valence-electron chi connectivity index (χ1n) is 9.52. The summed E-state index contributed by atoms with van der Waals surface area (Å²) in [5.74, 6) is 0.757. The number of nitrogens with zero attached hydrogens (tertiary/aromatic N) is 3. The Kier molecular flexibility index (Phi) is 8.07. The summed E-state index contributed by atoms with van der Waals surface area (Å²) in [5.41, 5.74) is 1.80. The summed E-state index contributed by atoms with van der Waals surface area (Å²) < 4.78 is 23.4. The third kappa shape index (κ3) is 6.79. The van der Waals surface area contributed by atoms with Crippen molar-refractivity contribution in [3.05, 3.63) is 29.3 Å². The Morgan fingerprint density at radius 1 is 1.15 bits per heavy atom. The smallest absolute Gasteiger partial charge is 0.191 e. The molecule has 2 rings (SSSR count). The predicted molar refractivity (Wildman–Crippen MR) is 111 cm³/mol. The van der Waals surface area contributed by atoms with Crippen LogP contribution in [-0.4, -0.2) is 83.3 Å². The molecule has 1 heterocycles. The van der Waals surface area contributed by atoms with Gasteiger partial charge in [-0.3, -0.25) is 9.89 Å². The zero-order valence-corrected chi connectivity index (χ0v) is 17.8. The lowest BCUT2D eigenvalue weighted by atomic mass is 10.1. The van der Waals surface area contributed by atoms with Crippen molar-refractivity contribution in [2.75, 3.05) is 59.1 Å². The van der Waals surface area contributed by atoms with Crippen LogP contribution in [0.1, 0.15) is 18.1 Å². The Morgan fingerprint density at radius 3 is 2.37 bits per heavy atom. The van der Waals surface area contributed by atoms with E-state index in [0.717, 1.165) is 62.9 Å². The Labute approximate surface area is 163 Å². The Hall–Kier alpha value is -1.64. The molecule has 1 fully saturated rings. The number of aryl methyl sites for hydroxylation is 1. The van der Waals surface area contributed by atoms with Gasteiger partial charge in [-0.1, -0.05) is 19.1 Å². The van der Waals surface area contributed by atoms with Gasteiger partial charge in [-0.05, 0) is 30.7 Å². The van der Waals surface area contributed by atoms with Crippen molar-refractivity contribution < 1.29 is 8.42 Å². The Morgan fingerprint density at radius 2 is 1.81 bits per heavy atom. The molecule has 0 aliphatic carbocycles. The molecule has 8 heteroatoms. The molecular formula is C19H33N5O2S. The van der Waals surface area contributed by atoms with Crippen LogP contribution < -0.4 is 10.6 Å². The monoisotopic (exact) mass is 395 g/mol. The van der Waals surface area contributed by atoms with Gasteiger partial charge in [-0.2, -0.15) is 0 Å². The molecule has 0 unspecified atom stereocenters. The van der Waals surface area contributed by atoms with Crippen LogP contribution in [0, 0.1) is 6.92 Å². The van der Waals surface area contributed by atoms with Crippen molar-refractivity contribution in [2.45, 2.75) is 25.3 Å². The first-order chi connectivity index (χ1) is 12.8. The second-order valence-electron chi connectivity index (χ2n) is 7.00. The van der Waals surface area contributed by atoms with Gasteiger partial charge in [0.25, 0.3) is 0 Å². The van der Waals surface area contributed by atoms with Crippen molar-refractivity contribution in [1.82, 2.24) is 20.4 Å². The maximum atomic E-state index is 11.7. The number of nitrogens with one attached hydrogen (secondary N) is 2. The van der Waals surface area contributed by atoms with Gasteiger partial charge in [0, 0.05) is 59.1 Å². The van der Waals surface area contributed by atoms with Gasteiger partial charge in [0.2, 0.25) is 0 Å². The standard InChI is InChI=1S/C19H33N5O2S/c1-5-23-10-12-24(13-11-23)9-8-21-19(20-3)22-15-17-6-7-18(16(2)14-17)27(4,25)26/h6-7,14H,5,8-13,15H2,1-4H3,(H2,20,21,22). The third-order valence-electron chi connectivity index (χ3n) is 4.95. The van der Waals surface area contributed by atoms with E-state index in [0.29, 0.717) is 11.4 Å². The number of hydrogen-bond acceptors (Lipinski definition) is 5. The summed E-state index contributed by atoms with van der Waals surface area (Å²) in [4.78, 5) is 9.59. The topological polar surface area (TPSA) is 77.0 Å². The van der Waals surface area contributed by atoms with E-state index in [4.69, 9.17) is 0 Å². The molecule has 7 nitrogen and oxygen atoms in total. The third-order valence-corrected chi connectivity index (χ3v) is 6.21. The minimum absolute atomic E-state index is 0.386. The minimum Gasteiger partial charge on any atom is -0.355 e. The number of likely N-dealkylation sites (N-methyl/N-ethyl adjacent to an activating group) is 1. The average Bonchev–Trinajstić information content (AvgIpc) is 2.64. The van der Waals surface area contributed by atoms with Crippen LogP contribution >= 0.6 is 0 Å². The number of sulfone groups is 1. The summed E-state index contributed by atoms with van der Waals surface area (Å²) in [6, 6.07) is 5.43. The molecule has 152 valence electrons. The highest BCUT2D eigenvalue weighted by Crippen LogP contribution is 2.16. The quantitative estimate of drug-likeness (QED) is 0.523. The summed E-state index contributed by atoms with van der Waals surface area (Å²) in [6.45, 7) is 12.1. The van der Waals surface area contributed by atoms with E-state index < -0.39 is 9.84 Å². The van der Waals surface area contributed by atoms with E-state index in [1.54, 1.807) is 13.1 Å². The number of guanidine groups is 1. The minimum atomic E-state index is -3.18. The second kappa shape index (κ2) is 10.1. The van der Waals surface area contributed by atoms with E-state index >= 15 is 0 Å². The molecular weight excluding hydrogens is 362 g/mol. The second-order valence-corrected chi connectivity index (χ2v) is 8.98. The van der Waals surface area contributed by atoms with Crippen molar-refractivity contribution in [3.8, 4) is 0 Å². The molecule has 0 aromatic heterocycles. The first kappa shape index (κ1) is 21.7. The van der Waals surface area contributed by atoms with Gasteiger partial charge < -0.3 is 15.5 Å². The summed E-state index contributed by atoms with van der Waals surface area (Å²) in [5, 5.41) is 6.64. The van der Waals surface area contributed by atoms with Crippen LogP contribution in [0.15, 0.2) is 28.1 Å². The van der Waals surface area contributed by atoms with Crippen LogP contribution in [0.2, 0.25) is 0 Å². The fourth-order valence-electron chi connectivity index (χ4n) is 3.31. The van der Waals surface area contributed by atoms with Gasteiger partial charge >= 0.3 is 0 Å². The highest BCUT2D eigenvalue weighted by molar-refractivity contribution is 7.90. The van der Waals surface area contributed by atoms with E-state index in [-0.39, 0.29) is 0 Å². The molecule has 0 spiro atoms. The summed E-state index contributed by atoms with van der Waals surface area (Å²) in [7, 11) is -1.42. The van der Waals surface area contributed by atoms with Gasteiger partial charge in [-0.25, -0.2) is 8.42 Å². The van der Waals surface area contributed by atoms with Crippen LogP contribution in [-0.2, 0) is 16.4 Å². The highest BCUT2D eigenvalue weighted by Gasteiger charge is 2.15. The predicted octanol–water partition coefficient (Wildman–Crippen LogP) is 0.701. The molecule has 0 radical (unpaired) electrons. The van der Waals surface area contributed by atoms with Crippen LogP contribution in [0.4, 0.5) is 0 Å². The molecule has 0 saturated carbocycles. The fourth-order valence-corrected chi connectivity index (χ4v) is 4.26. The molecule has 27 heavy (non-hydrogen) atoms. The van der Waals surface area contributed by atoms with E-state index in [1.807, 2.05) is 19.1 Å². The molecule has 1 aromatic carbocycles. The number of hydrogen-bond donors (Lipinski definition) is 2. The Balaban J connectivity index is 1.77. The van der Waals surface area contributed by atoms with Crippen molar-refractivity contribution >= 4 is 15.8 Å². The zero-order chi connectivity index (χ0) is 19.9. The van der Waals surface area contributed by atoms with E-state index in [2.05, 4.69) is 32.3 Å². The van der Waals surface area contributed by atoms with Gasteiger partial charge in [0.15, 0.2) is 15.8 Å². The van der Waals surface area contributed by atoms with Gasteiger partial charge in [0.05, 0.1) is 4.90 Å².